The molecule has 0 saturated carbocycles. The maximum absolute atomic E-state index is 12.1. The van der Waals surface area contributed by atoms with Crippen molar-refractivity contribution in [3.63, 3.8) is 0 Å². The average Bonchev–Trinajstić information content (AvgIpc) is 2.35. The molecule has 1 aliphatic heterocycles. The molecule has 2 rings (SSSR count). The molecule has 1 heterocycles. The molecule has 0 radical (unpaired) electrons. The predicted octanol–water partition coefficient (Wildman–Crippen LogP) is 2.12. The van der Waals surface area contributed by atoms with E-state index >= 15 is 0 Å². The van der Waals surface area contributed by atoms with Gasteiger partial charge < -0.3 is 9.47 Å². The van der Waals surface area contributed by atoms with Crippen molar-refractivity contribution >= 4 is 27.5 Å². The van der Waals surface area contributed by atoms with Crippen molar-refractivity contribution in [3.05, 3.63) is 23.2 Å². The number of hydrogen-bond donors (Lipinski definition) is 1. The standard InChI is InChI=1S/C13H19ClN2O4S/c1-3-6-20-13-5-4-10(7-12(13)14)15-21(17,18)16-8-11(9-16)19-2/h4-5,7,11,15H,3,6,8-9H2,1-2H3. The van der Waals surface area contributed by atoms with Crippen molar-refractivity contribution in [1.82, 2.24) is 4.31 Å². The van der Waals surface area contributed by atoms with Gasteiger partial charge in [0.25, 0.3) is 0 Å². The Labute approximate surface area is 130 Å². The average molecular weight is 335 g/mol. The molecule has 1 saturated heterocycles. The third kappa shape index (κ3) is 4.00. The molecule has 0 unspecified atom stereocenters. The molecule has 1 fully saturated rings. The second kappa shape index (κ2) is 6.83. The highest BCUT2D eigenvalue weighted by molar-refractivity contribution is 7.90. The minimum absolute atomic E-state index is 0.0324. The van der Waals surface area contributed by atoms with Crippen LogP contribution in [0.1, 0.15) is 13.3 Å². The molecule has 0 aliphatic carbocycles. The largest absolute Gasteiger partial charge is 0.492 e. The summed E-state index contributed by atoms with van der Waals surface area (Å²) in [5, 5.41) is 0.377. The van der Waals surface area contributed by atoms with Crippen LogP contribution < -0.4 is 9.46 Å². The van der Waals surface area contributed by atoms with Crippen molar-refractivity contribution in [2.75, 3.05) is 31.5 Å². The predicted molar refractivity (Wildman–Crippen MR) is 82.2 cm³/mol. The van der Waals surface area contributed by atoms with Crippen molar-refractivity contribution < 1.29 is 17.9 Å². The van der Waals surface area contributed by atoms with E-state index in [4.69, 9.17) is 21.1 Å². The van der Waals surface area contributed by atoms with Crippen LogP contribution in [-0.4, -0.2) is 45.6 Å². The summed E-state index contributed by atoms with van der Waals surface area (Å²) in [7, 11) is -2.00. The number of nitrogens with one attached hydrogen (secondary N) is 1. The van der Waals surface area contributed by atoms with Gasteiger partial charge in [0.15, 0.2) is 0 Å². The summed E-state index contributed by atoms with van der Waals surface area (Å²) in [5.74, 6) is 0.546. The van der Waals surface area contributed by atoms with Gasteiger partial charge in [-0.15, -0.1) is 0 Å². The van der Waals surface area contributed by atoms with Gasteiger partial charge in [0.1, 0.15) is 5.75 Å². The zero-order valence-electron chi connectivity index (χ0n) is 12.0. The Morgan fingerprint density at radius 1 is 1.43 bits per heavy atom. The topological polar surface area (TPSA) is 67.9 Å². The van der Waals surface area contributed by atoms with E-state index in [1.807, 2.05) is 6.92 Å². The highest BCUT2D eigenvalue weighted by Crippen LogP contribution is 2.29. The number of nitrogens with zero attached hydrogens (tertiary/aromatic N) is 1. The van der Waals surface area contributed by atoms with E-state index in [0.29, 0.717) is 36.2 Å². The van der Waals surface area contributed by atoms with E-state index in [1.165, 1.54) is 10.4 Å². The zero-order valence-corrected chi connectivity index (χ0v) is 13.6. The first-order valence-electron chi connectivity index (χ1n) is 6.69. The maximum atomic E-state index is 12.1. The molecule has 0 atom stereocenters. The van der Waals surface area contributed by atoms with Gasteiger partial charge in [0.05, 0.1) is 23.4 Å². The van der Waals surface area contributed by atoms with Gasteiger partial charge in [0.2, 0.25) is 0 Å². The number of rotatable bonds is 7. The van der Waals surface area contributed by atoms with Crippen LogP contribution in [0, 0.1) is 0 Å². The second-order valence-electron chi connectivity index (χ2n) is 4.78. The summed E-state index contributed by atoms with van der Waals surface area (Å²) in [6.07, 6.45) is 0.843. The monoisotopic (exact) mass is 334 g/mol. The molecule has 8 heteroatoms. The lowest BCUT2D eigenvalue weighted by molar-refractivity contribution is 0.0128. The molecule has 1 aromatic carbocycles. The molecule has 0 amide bonds. The SMILES string of the molecule is CCCOc1ccc(NS(=O)(=O)N2CC(OC)C2)cc1Cl. The fourth-order valence-corrected chi connectivity index (χ4v) is 3.37. The third-order valence-electron chi connectivity index (χ3n) is 3.13. The Balaban J connectivity index is 2.01. The molecule has 118 valence electrons. The number of halogens is 1. The van der Waals surface area contributed by atoms with Gasteiger partial charge in [-0.2, -0.15) is 12.7 Å². The van der Waals surface area contributed by atoms with Crippen LogP contribution in [0.3, 0.4) is 0 Å². The first kappa shape index (κ1) is 16.4. The summed E-state index contributed by atoms with van der Waals surface area (Å²) in [6, 6.07) is 4.82. The lowest BCUT2D eigenvalue weighted by Crippen LogP contribution is -2.55. The van der Waals surface area contributed by atoms with E-state index in [0.717, 1.165) is 6.42 Å². The fourth-order valence-electron chi connectivity index (χ4n) is 1.85. The molecule has 21 heavy (non-hydrogen) atoms. The molecular weight excluding hydrogens is 316 g/mol. The number of ether oxygens (including phenoxy) is 2. The number of anilines is 1. The molecule has 6 nitrogen and oxygen atoms in total. The van der Waals surface area contributed by atoms with E-state index in [9.17, 15) is 8.42 Å². The highest BCUT2D eigenvalue weighted by Gasteiger charge is 2.35. The van der Waals surface area contributed by atoms with Crippen molar-refractivity contribution in [3.8, 4) is 5.75 Å². The van der Waals surface area contributed by atoms with Crippen molar-refractivity contribution in [2.45, 2.75) is 19.4 Å². The van der Waals surface area contributed by atoms with E-state index in [-0.39, 0.29) is 6.10 Å². The summed E-state index contributed by atoms with van der Waals surface area (Å²) in [6.45, 7) is 3.28. The van der Waals surface area contributed by atoms with Crippen LogP contribution >= 0.6 is 11.6 Å². The van der Waals surface area contributed by atoms with Crippen LogP contribution in [0.25, 0.3) is 0 Å². The van der Waals surface area contributed by atoms with E-state index in [2.05, 4.69) is 4.72 Å². The Hall–Kier alpha value is -1.02. The number of benzene rings is 1. The highest BCUT2D eigenvalue weighted by atomic mass is 35.5. The van der Waals surface area contributed by atoms with Gasteiger partial charge in [-0.25, -0.2) is 0 Å². The van der Waals surface area contributed by atoms with Crippen LogP contribution in [-0.2, 0) is 14.9 Å². The van der Waals surface area contributed by atoms with Crippen LogP contribution in [0.5, 0.6) is 5.75 Å². The number of methoxy groups -OCH3 is 1. The fraction of sp³-hybridized carbons (Fsp3) is 0.538. The minimum Gasteiger partial charge on any atom is -0.492 e. The molecule has 0 aromatic heterocycles. The molecular formula is C13H19ClN2O4S. The lowest BCUT2D eigenvalue weighted by Gasteiger charge is -2.36. The minimum atomic E-state index is -3.56. The molecule has 1 N–H and O–H groups in total. The van der Waals surface area contributed by atoms with Gasteiger partial charge in [-0.1, -0.05) is 18.5 Å². The first-order chi connectivity index (χ1) is 9.96. The third-order valence-corrected chi connectivity index (χ3v) is 4.90. The summed E-state index contributed by atoms with van der Waals surface area (Å²) in [5.41, 5.74) is 0.407. The van der Waals surface area contributed by atoms with E-state index < -0.39 is 10.2 Å². The maximum Gasteiger partial charge on any atom is 0.301 e. The lowest BCUT2D eigenvalue weighted by atomic mass is 10.2. The first-order valence-corrected chi connectivity index (χ1v) is 8.51. The normalized spacial score (nSPS) is 16.5. The smallest absolute Gasteiger partial charge is 0.301 e. The van der Waals surface area contributed by atoms with E-state index in [1.54, 1.807) is 19.2 Å². The molecule has 1 aromatic rings. The Morgan fingerprint density at radius 2 is 2.14 bits per heavy atom. The van der Waals surface area contributed by atoms with Gasteiger partial charge in [0, 0.05) is 20.2 Å². The Kier molecular flexibility index (Phi) is 5.32. The summed E-state index contributed by atoms with van der Waals surface area (Å²) in [4.78, 5) is 0. The van der Waals surface area contributed by atoms with Gasteiger partial charge in [-0.3, -0.25) is 4.72 Å². The molecule has 0 bridgehead atoms. The second-order valence-corrected chi connectivity index (χ2v) is 6.85. The van der Waals surface area contributed by atoms with Crippen molar-refractivity contribution in [1.29, 1.82) is 0 Å². The number of hydrogen-bond acceptors (Lipinski definition) is 4. The molecule has 0 spiro atoms. The van der Waals surface area contributed by atoms with Gasteiger partial charge in [-0.05, 0) is 24.6 Å². The Bertz CT molecular complexity index is 588. The quantitative estimate of drug-likeness (QED) is 0.829. The molecule has 1 aliphatic rings. The van der Waals surface area contributed by atoms with Crippen LogP contribution in [0.2, 0.25) is 5.02 Å². The zero-order chi connectivity index (χ0) is 15.5. The summed E-state index contributed by atoms with van der Waals surface area (Å²) >= 11 is 6.07. The summed E-state index contributed by atoms with van der Waals surface area (Å²) < 4.78 is 38.5. The Morgan fingerprint density at radius 3 is 2.71 bits per heavy atom. The van der Waals surface area contributed by atoms with Crippen molar-refractivity contribution in [2.24, 2.45) is 0 Å². The van der Waals surface area contributed by atoms with Gasteiger partial charge >= 0.3 is 10.2 Å². The van der Waals surface area contributed by atoms with Crippen LogP contribution in [0.15, 0.2) is 18.2 Å². The van der Waals surface area contributed by atoms with Crippen LogP contribution in [0.4, 0.5) is 5.69 Å².